The van der Waals surface area contributed by atoms with Gasteiger partial charge in [-0.25, -0.2) is 0 Å². The third-order valence-electron chi connectivity index (χ3n) is 4.65. The normalized spacial score (nSPS) is 12.1. The summed E-state index contributed by atoms with van der Waals surface area (Å²) in [6.07, 6.45) is 5.96. The summed E-state index contributed by atoms with van der Waals surface area (Å²) < 4.78 is 2.08. The molecule has 2 rings (SSSR count). The number of aryl methyl sites for hydroxylation is 1. The number of nitrogens with one attached hydrogen (secondary N) is 1. The first-order valence-corrected chi connectivity index (χ1v) is 11.0. The van der Waals surface area contributed by atoms with Crippen molar-refractivity contribution in [3.05, 3.63) is 29.8 Å². The first-order valence-electron chi connectivity index (χ1n) is 9.98. The Hall–Kier alpha value is -1.82. The Bertz CT molecular complexity index is 729. The molecule has 1 aromatic heterocycles. The maximum absolute atomic E-state index is 12.3. The van der Waals surface area contributed by atoms with E-state index in [-0.39, 0.29) is 11.9 Å². The summed E-state index contributed by atoms with van der Waals surface area (Å²) in [6.45, 7) is 9.22. The molecule has 0 saturated heterocycles. The van der Waals surface area contributed by atoms with Gasteiger partial charge in [0.2, 0.25) is 5.91 Å². The van der Waals surface area contributed by atoms with Gasteiger partial charge in [0.15, 0.2) is 11.0 Å². The molecule has 6 heteroatoms. The first-order chi connectivity index (χ1) is 13.1. The van der Waals surface area contributed by atoms with E-state index in [0.29, 0.717) is 5.75 Å². The maximum atomic E-state index is 12.3. The molecule has 27 heavy (non-hydrogen) atoms. The second-order valence-electron chi connectivity index (χ2n) is 6.97. The van der Waals surface area contributed by atoms with Gasteiger partial charge in [0, 0.05) is 18.2 Å². The summed E-state index contributed by atoms with van der Waals surface area (Å²) >= 11 is 1.45. The second-order valence-corrected chi connectivity index (χ2v) is 7.91. The number of carbonyl (C=O) groups is 1. The van der Waals surface area contributed by atoms with Crippen LogP contribution in [0.5, 0.6) is 0 Å². The minimum absolute atomic E-state index is 0.0612. The summed E-state index contributed by atoms with van der Waals surface area (Å²) in [6, 6.07) is 8.40. The number of unbranched alkanes of at least 4 members (excludes halogenated alkanes) is 3. The lowest BCUT2D eigenvalue weighted by molar-refractivity contribution is -0.119. The highest BCUT2D eigenvalue weighted by Gasteiger charge is 2.16. The Morgan fingerprint density at radius 1 is 1.19 bits per heavy atom. The number of hydrogen-bond acceptors (Lipinski definition) is 4. The van der Waals surface area contributed by atoms with Gasteiger partial charge in [-0.05, 0) is 32.8 Å². The molecule has 0 fully saturated rings. The summed E-state index contributed by atoms with van der Waals surface area (Å²) in [4.78, 5) is 12.3. The van der Waals surface area contributed by atoms with E-state index in [4.69, 9.17) is 0 Å². The minimum atomic E-state index is 0.0612. The third kappa shape index (κ3) is 6.38. The molecule has 1 N–H and O–H groups in total. The molecule has 1 heterocycles. The Balaban J connectivity index is 1.91. The van der Waals surface area contributed by atoms with Crippen LogP contribution in [0.4, 0.5) is 0 Å². The Kier molecular flexibility index (Phi) is 8.85. The first kappa shape index (κ1) is 21.5. The van der Waals surface area contributed by atoms with Gasteiger partial charge >= 0.3 is 0 Å². The highest BCUT2D eigenvalue weighted by molar-refractivity contribution is 7.99. The van der Waals surface area contributed by atoms with E-state index in [0.717, 1.165) is 29.5 Å². The van der Waals surface area contributed by atoms with Crippen molar-refractivity contribution in [2.75, 3.05) is 5.75 Å². The molecule has 148 valence electrons. The quantitative estimate of drug-likeness (QED) is 0.442. The predicted molar refractivity (Wildman–Crippen MR) is 113 cm³/mol. The van der Waals surface area contributed by atoms with Crippen LogP contribution in [0.2, 0.25) is 0 Å². The van der Waals surface area contributed by atoms with Crippen LogP contribution in [0.1, 0.15) is 58.4 Å². The number of benzene rings is 1. The van der Waals surface area contributed by atoms with Crippen LogP contribution < -0.4 is 5.32 Å². The second kappa shape index (κ2) is 11.1. The molecule has 2 aromatic rings. The SMILES string of the molecule is CCCCCC[C@@H](C)NC(=O)CSc1nnc(-c2ccccc2C)n1CC. The molecule has 0 spiro atoms. The van der Waals surface area contributed by atoms with E-state index in [1.165, 1.54) is 43.0 Å². The number of rotatable bonds is 11. The van der Waals surface area contributed by atoms with Gasteiger partial charge in [0.25, 0.3) is 0 Å². The standard InChI is InChI=1S/C21H32N4OS/c1-5-7-8-9-13-17(4)22-19(26)15-27-21-24-23-20(25(21)6-2)18-14-11-10-12-16(18)3/h10-12,14,17H,5-9,13,15H2,1-4H3,(H,22,26)/t17-/m1/s1. The molecule has 0 unspecified atom stereocenters. The summed E-state index contributed by atoms with van der Waals surface area (Å²) in [5.74, 6) is 1.29. The molecular formula is C21H32N4OS. The molecule has 1 aromatic carbocycles. The van der Waals surface area contributed by atoms with Gasteiger partial charge in [0.1, 0.15) is 0 Å². The third-order valence-corrected chi connectivity index (χ3v) is 5.62. The molecule has 1 amide bonds. The molecule has 0 aliphatic rings. The number of aromatic nitrogens is 3. The number of hydrogen-bond donors (Lipinski definition) is 1. The van der Waals surface area contributed by atoms with E-state index >= 15 is 0 Å². The lowest BCUT2D eigenvalue weighted by Gasteiger charge is -2.13. The van der Waals surface area contributed by atoms with Crippen LogP contribution >= 0.6 is 11.8 Å². The molecule has 0 aliphatic heterocycles. The van der Waals surface area contributed by atoms with Crippen molar-refractivity contribution in [2.24, 2.45) is 0 Å². The summed E-state index contributed by atoms with van der Waals surface area (Å²) in [5.41, 5.74) is 2.26. The highest BCUT2D eigenvalue weighted by Crippen LogP contribution is 2.26. The number of amides is 1. The predicted octanol–water partition coefficient (Wildman–Crippen LogP) is 4.84. The van der Waals surface area contributed by atoms with Crippen LogP contribution in [0, 0.1) is 6.92 Å². The smallest absolute Gasteiger partial charge is 0.230 e. The fourth-order valence-corrected chi connectivity index (χ4v) is 3.91. The zero-order valence-corrected chi connectivity index (χ0v) is 17.8. The average molecular weight is 389 g/mol. The van der Waals surface area contributed by atoms with Crippen molar-refractivity contribution in [1.82, 2.24) is 20.1 Å². The molecule has 0 saturated carbocycles. The van der Waals surface area contributed by atoms with Crippen LogP contribution in [-0.2, 0) is 11.3 Å². The molecule has 0 bridgehead atoms. The monoisotopic (exact) mass is 388 g/mol. The van der Waals surface area contributed by atoms with E-state index in [1.54, 1.807) is 0 Å². The summed E-state index contributed by atoms with van der Waals surface area (Å²) in [5, 5.41) is 12.6. The van der Waals surface area contributed by atoms with Crippen LogP contribution in [-0.4, -0.2) is 32.5 Å². The van der Waals surface area contributed by atoms with Crippen molar-refractivity contribution >= 4 is 17.7 Å². The van der Waals surface area contributed by atoms with E-state index < -0.39 is 0 Å². The molecule has 0 aliphatic carbocycles. The molecule has 0 radical (unpaired) electrons. The van der Waals surface area contributed by atoms with Crippen LogP contribution in [0.25, 0.3) is 11.4 Å². The van der Waals surface area contributed by atoms with Gasteiger partial charge in [0.05, 0.1) is 5.75 Å². The van der Waals surface area contributed by atoms with Gasteiger partial charge < -0.3 is 9.88 Å². The lowest BCUT2D eigenvalue weighted by Crippen LogP contribution is -2.33. The largest absolute Gasteiger partial charge is 0.353 e. The topological polar surface area (TPSA) is 59.8 Å². The molecule has 1 atom stereocenters. The lowest BCUT2D eigenvalue weighted by atomic mass is 10.1. The number of carbonyl (C=O) groups excluding carboxylic acids is 1. The van der Waals surface area contributed by atoms with E-state index in [2.05, 4.69) is 59.9 Å². The van der Waals surface area contributed by atoms with Crippen molar-refractivity contribution < 1.29 is 4.79 Å². The van der Waals surface area contributed by atoms with Gasteiger partial charge in [-0.1, -0.05) is 68.6 Å². The summed E-state index contributed by atoms with van der Waals surface area (Å²) in [7, 11) is 0. The Labute approximate surface area is 167 Å². The Morgan fingerprint density at radius 2 is 1.96 bits per heavy atom. The highest BCUT2D eigenvalue weighted by atomic mass is 32.2. The zero-order chi connectivity index (χ0) is 19.6. The van der Waals surface area contributed by atoms with Crippen LogP contribution in [0.3, 0.4) is 0 Å². The zero-order valence-electron chi connectivity index (χ0n) is 17.0. The Morgan fingerprint density at radius 3 is 2.67 bits per heavy atom. The number of nitrogens with zero attached hydrogens (tertiary/aromatic N) is 3. The average Bonchev–Trinajstić information content (AvgIpc) is 3.06. The van der Waals surface area contributed by atoms with Gasteiger partial charge in [-0.3, -0.25) is 4.79 Å². The van der Waals surface area contributed by atoms with E-state index in [1.807, 2.05) is 12.1 Å². The van der Waals surface area contributed by atoms with E-state index in [9.17, 15) is 4.79 Å². The van der Waals surface area contributed by atoms with Crippen LogP contribution in [0.15, 0.2) is 29.4 Å². The van der Waals surface area contributed by atoms with Gasteiger partial charge in [-0.2, -0.15) is 0 Å². The molecule has 5 nitrogen and oxygen atoms in total. The maximum Gasteiger partial charge on any atom is 0.230 e. The minimum Gasteiger partial charge on any atom is -0.353 e. The van der Waals surface area contributed by atoms with Crippen molar-refractivity contribution in [2.45, 2.75) is 77.5 Å². The van der Waals surface area contributed by atoms with Crippen molar-refractivity contribution in [3.63, 3.8) is 0 Å². The van der Waals surface area contributed by atoms with Crippen molar-refractivity contribution in [1.29, 1.82) is 0 Å². The fourth-order valence-electron chi connectivity index (χ4n) is 3.10. The van der Waals surface area contributed by atoms with Crippen molar-refractivity contribution in [3.8, 4) is 11.4 Å². The molecular weight excluding hydrogens is 356 g/mol. The van der Waals surface area contributed by atoms with Gasteiger partial charge in [-0.15, -0.1) is 10.2 Å². The number of thioether (sulfide) groups is 1. The fraction of sp³-hybridized carbons (Fsp3) is 0.571.